The molecule has 0 fully saturated rings. The Morgan fingerprint density at radius 1 is 1.28 bits per heavy atom. The van der Waals surface area contributed by atoms with Crippen LogP contribution in [0.15, 0.2) is 24.3 Å². The van der Waals surface area contributed by atoms with Crippen LogP contribution in [0.4, 0.5) is 0 Å². The fraction of sp³-hybridized carbons (Fsp3) is 0.522. The Morgan fingerprint density at radius 3 is 2.55 bits per heavy atom. The molecule has 1 aromatic carbocycles. The van der Waals surface area contributed by atoms with Gasteiger partial charge in [-0.3, -0.25) is 9.48 Å². The van der Waals surface area contributed by atoms with Gasteiger partial charge < -0.3 is 10.2 Å². The number of nitrogens with one attached hydrogen (secondary N) is 1. The van der Waals surface area contributed by atoms with E-state index in [4.69, 9.17) is 5.26 Å². The molecule has 2 rings (SSSR count). The van der Waals surface area contributed by atoms with E-state index in [-0.39, 0.29) is 11.9 Å². The van der Waals surface area contributed by atoms with Crippen LogP contribution in [0.1, 0.15) is 53.9 Å². The Kier molecular flexibility index (Phi) is 8.41. The van der Waals surface area contributed by atoms with Crippen LogP contribution in [-0.4, -0.2) is 41.2 Å². The number of nitriles is 1. The van der Waals surface area contributed by atoms with Gasteiger partial charge in [-0.2, -0.15) is 10.4 Å². The Labute approximate surface area is 174 Å². The summed E-state index contributed by atoms with van der Waals surface area (Å²) in [6.07, 6.45) is 2.55. The number of nitrogens with zero attached hydrogens (tertiary/aromatic N) is 4. The molecule has 2 aromatic rings. The van der Waals surface area contributed by atoms with Gasteiger partial charge in [-0.25, -0.2) is 0 Å². The van der Waals surface area contributed by atoms with Crippen molar-refractivity contribution >= 4 is 5.91 Å². The van der Waals surface area contributed by atoms with Crippen LogP contribution in [0.3, 0.4) is 0 Å². The second kappa shape index (κ2) is 10.8. The van der Waals surface area contributed by atoms with Crippen molar-refractivity contribution < 1.29 is 4.79 Å². The topological polar surface area (TPSA) is 74.0 Å². The van der Waals surface area contributed by atoms with Crippen LogP contribution in [0.25, 0.3) is 0 Å². The third-order valence-electron chi connectivity index (χ3n) is 5.46. The molecular weight excluding hydrogens is 362 g/mol. The third kappa shape index (κ3) is 6.16. The van der Waals surface area contributed by atoms with Crippen molar-refractivity contribution in [1.29, 1.82) is 5.26 Å². The Hall–Kier alpha value is -2.65. The molecule has 0 aliphatic rings. The summed E-state index contributed by atoms with van der Waals surface area (Å²) in [6.45, 7) is 7.29. The first kappa shape index (κ1) is 22.6. The SMILES string of the molecule is CCc1ccc(C(CNC(=O)CCc2c(C)nn(CCC#N)c2C)N(C)C)cc1. The number of carbonyl (C=O) groups excluding carboxylic acids is 1. The largest absolute Gasteiger partial charge is 0.354 e. The highest BCUT2D eigenvalue weighted by atomic mass is 16.1. The number of likely N-dealkylation sites (N-methyl/N-ethyl adjacent to an activating group) is 1. The summed E-state index contributed by atoms with van der Waals surface area (Å²) in [5.74, 6) is 0.0469. The average Bonchev–Trinajstić information content (AvgIpc) is 2.98. The molecule has 1 N–H and O–H groups in total. The maximum Gasteiger partial charge on any atom is 0.220 e. The molecule has 29 heavy (non-hydrogen) atoms. The van der Waals surface area contributed by atoms with E-state index in [0.29, 0.717) is 32.4 Å². The van der Waals surface area contributed by atoms with Crippen LogP contribution in [0.2, 0.25) is 0 Å². The minimum atomic E-state index is 0.0469. The normalized spacial score (nSPS) is 12.0. The number of aromatic nitrogens is 2. The zero-order chi connectivity index (χ0) is 21.4. The molecule has 0 aliphatic carbocycles. The van der Waals surface area contributed by atoms with Crippen LogP contribution in [0, 0.1) is 25.2 Å². The predicted octanol–water partition coefficient (Wildman–Crippen LogP) is 3.33. The molecule has 0 radical (unpaired) electrons. The molecule has 1 unspecified atom stereocenters. The average molecular weight is 396 g/mol. The van der Waals surface area contributed by atoms with Gasteiger partial charge in [0.25, 0.3) is 0 Å². The van der Waals surface area contributed by atoms with E-state index in [2.05, 4.69) is 52.6 Å². The number of hydrogen-bond donors (Lipinski definition) is 1. The highest BCUT2D eigenvalue weighted by Crippen LogP contribution is 2.19. The molecule has 0 aliphatic heterocycles. The van der Waals surface area contributed by atoms with E-state index in [9.17, 15) is 4.79 Å². The molecule has 6 nitrogen and oxygen atoms in total. The van der Waals surface area contributed by atoms with Crippen LogP contribution in [-0.2, 0) is 24.2 Å². The second-order valence-electron chi connectivity index (χ2n) is 7.66. The van der Waals surface area contributed by atoms with Crippen molar-refractivity contribution in [3.8, 4) is 6.07 Å². The summed E-state index contributed by atoms with van der Waals surface area (Å²) in [6, 6.07) is 10.9. The standard InChI is InChI=1S/C23H33N5O/c1-6-19-8-10-20(11-9-19)22(27(4)5)16-25-23(29)13-12-21-17(2)26-28(18(21)3)15-7-14-24/h8-11,22H,6-7,12-13,15-16H2,1-5H3,(H,25,29). The number of benzene rings is 1. The molecule has 0 bridgehead atoms. The number of rotatable bonds is 10. The van der Waals surface area contributed by atoms with Gasteiger partial charge in [0.15, 0.2) is 0 Å². The minimum absolute atomic E-state index is 0.0469. The van der Waals surface area contributed by atoms with E-state index in [1.54, 1.807) is 0 Å². The van der Waals surface area contributed by atoms with E-state index < -0.39 is 0 Å². The first-order valence-electron chi connectivity index (χ1n) is 10.3. The third-order valence-corrected chi connectivity index (χ3v) is 5.46. The molecule has 6 heteroatoms. The van der Waals surface area contributed by atoms with Crippen molar-refractivity contribution in [1.82, 2.24) is 20.0 Å². The summed E-state index contributed by atoms with van der Waals surface area (Å²) in [4.78, 5) is 14.6. The van der Waals surface area contributed by atoms with E-state index in [1.165, 1.54) is 11.1 Å². The lowest BCUT2D eigenvalue weighted by Gasteiger charge is -2.25. The van der Waals surface area contributed by atoms with Gasteiger partial charge in [0.2, 0.25) is 5.91 Å². The number of carbonyl (C=O) groups is 1. The number of amides is 1. The molecule has 1 heterocycles. The Bertz CT molecular complexity index is 845. The van der Waals surface area contributed by atoms with Crippen molar-refractivity contribution in [2.24, 2.45) is 0 Å². The quantitative estimate of drug-likeness (QED) is 0.670. The van der Waals surface area contributed by atoms with Gasteiger partial charge in [-0.05, 0) is 57.5 Å². The summed E-state index contributed by atoms with van der Waals surface area (Å²) in [5.41, 5.74) is 5.62. The van der Waals surface area contributed by atoms with E-state index in [0.717, 1.165) is 23.4 Å². The summed E-state index contributed by atoms with van der Waals surface area (Å²) >= 11 is 0. The monoisotopic (exact) mass is 395 g/mol. The molecule has 1 amide bonds. The maximum atomic E-state index is 12.5. The van der Waals surface area contributed by atoms with Crippen molar-refractivity contribution in [3.05, 3.63) is 52.3 Å². The first-order valence-corrected chi connectivity index (χ1v) is 10.3. The molecule has 0 saturated carbocycles. The van der Waals surface area contributed by atoms with Gasteiger partial charge in [-0.15, -0.1) is 0 Å². The van der Waals surface area contributed by atoms with Gasteiger partial charge in [-0.1, -0.05) is 31.2 Å². The fourth-order valence-corrected chi connectivity index (χ4v) is 3.58. The van der Waals surface area contributed by atoms with Gasteiger partial charge in [0.1, 0.15) is 0 Å². The summed E-state index contributed by atoms with van der Waals surface area (Å²) in [5, 5.41) is 16.4. The van der Waals surface area contributed by atoms with Gasteiger partial charge in [0, 0.05) is 18.7 Å². The zero-order valence-corrected chi connectivity index (χ0v) is 18.3. The number of aryl methyl sites for hydroxylation is 3. The van der Waals surface area contributed by atoms with Gasteiger partial charge >= 0.3 is 0 Å². The molecule has 156 valence electrons. The fourth-order valence-electron chi connectivity index (χ4n) is 3.58. The first-order chi connectivity index (χ1) is 13.9. The summed E-state index contributed by atoms with van der Waals surface area (Å²) < 4.78 is 1.87. The van der Waals surface area contributed by atoms with E-state index >= 15 is 0 Å². The number of hydrogen-bond acceptors (Lipinski definition) is 4. The zero-order valence-electron chi connectivity index (χ0n) is 18.3. The van der Waals surface area contributed by atoms with Crippen LogP contribution >= 0.6 is 0 Å². The lowest BCUT2D eigenvalue weighted by atomic mass is 10.0. The molecule has 1 atom stereocenters. The highest BCUT2D eigenvalue weighted by Gasteiger charge is 2.17. The smallest absolute Gasteiger partial charge is 0.220 e. The lowest BCUT2D eigenvalue weighted by Crippen LogP contribution is -2.34. The maximum absolute atomic E-state index is 12.5. The Morgan fingerprint density at radius 2 is 1.97 bits per heavy atom. The highest BCUT2D eigenvalue weighted by molar-refractivity contribution is 5.76. The molecule has 0 spiro atoms. The van der Waals surface area contributed by atoms with Crippen LogP contribution < -0.4 is 5.32 Å². The molecule has 1 aromatic heterocycles. The summed E-state index contributed by atoms with van der Waals surface area (Å²) in [7, 11) is 4.07. The second-order valence-corrected chi connectivity index (χ2v) is 7.66. The molecule has 0 saturated heterocycles. The van der Waals surface area contributed by atoms with E-state index in [1.807, 2.05) is 32.6 Å². The molecular formula is C23H33N5O. The predicted molar refractivity (Wildman–Crippen MR) is 116 cm³/mol. The minimum Gasteiger partial charge on any atom is -0.354 e. The lowest BCUT2D eigenvalue weighted by molar-refractivity contribution is -0.121. The van der Waals surface area contributed by atoms with Crippen LogP contribution in [0.5, 0.6) is 0 Å². The van der Waals surface area contributed by atoms with Gasteiger partial charge in [0.05, 0.1) is 30.8 Å². The van der Waals surface area contributed by atoms with Crippen molar-refractivity contribution in [2.45, 2.75) is 59.0 Å². The van der Waals surface area contributed by atoms with Crippen molar-refractivity contribution in [2.75, 3.05) is 20.6 Å². The van der Waals surface area contributed by atoms with Crippen molar-refractivity contribution in [3.63, 3.8) is 0 Å². The Balaban J connectivity index is 1.93.